The molecule has 0 fully saturated rings. The number of hydrogen-bond acceptors (Lipinski definition) is 5. The fourth-order valence-electron chi connectivity index (χ4n) is 1.09. The van der Waals surface area contributed by atoms with Crippen molar-refractivity contribution in [1.82, 2.24) is 5.32 Å². The summed E-state index contributed by atoms with van der Waals surface area (Å²) in [5.41, 5.74) is 4.71. The van der Waals surface area contributed by atoms with Gasteiger partial charge in [0.2, 0.25) is 0 Å². The largest absolute Gasteiger partial charge is 0.480 e. The maximum Gasteiger partial charge on any atom is 0.344 e. The van der Waals surface area contributed by atoms with Crippen LogP contribution in [0.15, 0.2) is 22.7 Å². The topological polar surface area (TPSA) is 108 Å². The molecule has 0 saturated heterocycles. The Morgan fingerprint density at radius 1 is 1.30 bits per heavy atom. The van der Waals surface area contributed by atoms with Crippen LogP contribution in [0.25, 0.3) is 0 Å². The van der Waals surface area contributed by atoms with Crippen molar-refractivity contribution < 1.29 is 23.9 Å². The van der Waals surface area contributed by atoms with E-state index in [0.717, 1.165) is 4.47 Å². The molecule has 1 aromatic carbocycles. The molecule has 0 heterocycles. The van der Waals surface area contributed by atoms with Crippen molar-refractivity contribution in [3.8, 4) is 5.75 Å². The predicted octanol–water partition coefficient (Wildman–Crippen LogP) is 1.22. The van der Waals surface area contributed by atoms with E-state index < -0.39 is 31.1 Å². The molecule has 0 radical (unpaired) electrons. The van der Waals surface area contributed by atoms with Crippen molar-refractivity contribution in [3.63, 3.8) is 0 Å². The predicted molar refractivity (Wildman–Crippen MR) is 73.3 cm³/mol. The monoisotopic (exact) mass is 364 g/mol. The first-order valence-electron chi connectivity index (χ1n) is 5.21. The first-order valence-corrected chi connectivity index (χ1v) is 6.38. The standard InChI is InChI=1S/C11H10BrClN2O5/c12-6-1-2-8(7(13)3-6)19-5-10(17)20-4-9(16)15-11(14)18/h1-3H,4-5H2,(H3,14,15,16,18). The third-order valence-electron chi connectivity index (χ3n) is 1.87. The molecule has 108 valence electrons. The number of urea groups is 1. The second-order valence-electron chi connectivity index (χ2n) is 3.44. The van der Waals surface area contributed by atoms with Gasteiger partial charge in [0.15, 0.2) is 13.2 Å². The minimum Gasteiger partial charge on any atom is -0.480 e. The zero-order valence-electron chi connectivity index (χ0n) is 10.0. The van der Waals surface area contributed by atoms with E-state index in [9.17, 15) is 14.4 Å². The van der Waals surface area contributed by atoms with Crippen LogP contribution in [0.3, 0.4) is 0 Å². The van der Waals surface area contributed by atoms with Gasteiger partial charge in [0.25, 0.3) is 5.91 Å². The van der Waals surface area contributed by atoms with Crippen LogP contribution in [-0.4, -0.2) is 31.1 Å². The van der Waals surface area contributed by atoms with Gasteiger partial charge in [0.1, 0.15) is 5.75 Å². The molecule has 3 amide bonds. The molecule has 0 aliphatic heterocycles. The lowest BCUT2D eigenvalue weighted by molar-refractivity contribution is -0.150. The van der Waals surface area contributed by atoms with Crippen LogP contribution in [0, 0.1) is 0 Å². The second kappa shape index (κ2) is 7.71. The summed E-state index contributed by atoms with van der Waals surface area (Å²) < 4.78 is 10.4. The first-order chi connectivity index (χ1) is 9.38. The lowest BCUT2D eigenvalue weighted by Crippen LogP contribution is -2.38. The summed E-state index contributed by atoms with van der Waals surface area (Å²) in [5.74, 6) is -1.32. The number of esters is 1. The molecule has 9 heteroatoms. The fraction of sp³-hybridized carbons (Fsp3) is 0.182. The lowest BCUT2D eigenvalue weighted by Gasteiger charge is -2.08. The van der Waals surface area contributed by atoms with Gasteiger partial charge in [-0.25, -0.2) is 9.59 Å². The number of imide groups is 1. The summed E-state index contributed by atoms with van der Waals surface area (Å²) in [4.78, 5) is 32.6. The van der Waals surface area contributed by atoms with Crippen LogP contribution in [-0.2, 0) is 14.3 Å². The second-order valence-corrected chi connectivity index (χ2v) is 4.76. The van der Waals surface area contributed by atoms with Gasteiger partial charge in [-0.05, 0) is 18.2 Å². The number of nitrogens with one attached hydrogen (secondary N) is 1. The number of amides is 3. The number of rotatable bonds is 5. The molecule has 20 heavy (non-hydrogen) atoms. The van der Waals surface area contributed by atoms with Crippen molar-refractivity contribution in [3.05, 3.63) is 27.7 Å². The summed E-state index contributed by atoms with van der Waals surface area (Å²) in [6.07, 6.45) is 0. The van der Waals surface area contributed by atoms with Gasteiger partial charge in [0, 0.05) is 4.47 Å². The number of benzene rings is 1. The Balaban J connectivity index is 2.36. The Morgan fingerprint density at radius 3 is 2.60 bits per heavy atom. The molecule has 0 bridgehead atoms. The van der Waals surface area contributed by atoms with Crippen molar-refractivity contribution in [1.29, 1.82) is 0 Å². The molecular weight excluding hydrogens is 355 g/mol. The van der Waals surface area contributed by atoms with Crippen molar-refractivity contribution in [2.24, 2.45) is 5.73 Å². The van der Waals surface area contributed by atoms with E-state index in [1.54, 1.807) is 23.5 Å². The number of hydrogen-bond donors (Lipinski definition) is 2. The Morgan fingerprint density at radius 2 is 2.00 bits per heavy atom. The molecule has 7 nitrogen and oxygen atoms in total. The average Bonchev–Trinajstić information content (AvgIpc) is 2.34. The Labute approximate surface area is 127 Å². The zero-order valence-corrected chi connectivity index (χ0v) is 12.4. The number of carbonyl (C=O) groups is 3. The minimum absolute atomic E-state index is 0.299. The van der Waals surface area contributed by atoms with E-state index >= 15 is 0 Å². The number of ether oxygens (including phenoxy) is 2. The summed E-state index contributed by atoms with van der Waals surface area (Å²) in [5, 5.41) is 2.06. The van der Waals surface area contributed by atoms with Crippen LogP contribution in [0.5, 0.6) is 5.75 Å². The quantitative estimate of drug-likeness (QED) is 0.763. The Hall–Kier alpha value is -1.80. The summed E-state index contributed by atoms with van der Waals surface area (Å²) >= 11 is 9.10. The lowest BCUT2D eigenvalue weighted by atomic mass is 10.3. The van der Waals surface area contributed by atoms with Crippen LogP contribution >= 0.6 is 27.5 Å². The van der Waals surface area contributed by atoms with E-state index in [4.69, 9.17) is 22.1 Å². The molecule has 1 rings (SSSR count). The van der Waals surface area contributed by atoms with Crippen molar-refractivity contribution in [2.45, 2.75) is 0 Å². The Bertz CT molecular complexity index is 538. The summed E-state index contributed by atoms with van der Waals surface area (Å²) in [6, 6.07) is 3.83. The smallest absolute Gasteiger partial charge is 0.344 e. The van der Waals surface area contributed by atoms with Crippen molar-refractivity contribution >= 4 is 45.4 Å². The van der Waals surface area contributed by atoms with Gasteiger partial charge in [-0.3, -0.25) is 10.1 Å². The highest BCUT2D eigenvalue weighted by Crippen LogP contribution is 2.27. The SMILES string of the molecule is NC(=O)NC(=O)COC(=O)COc1ccc(Br)cc1Cl. The number of carbonyl (C=O) groups excluding carboxylic acids is 3. The number of primary amides is 1. The maximum absolute atomic E-state index is 11.3. The van der Waals surface area contributed by atoms with E-state index in [1.165, 1.54) is 0 Å². The molecule has 1 aromatic rings. The van der Waals surface area contributed by atoms with E-state index in [-0.39, 0.29) is 0 Å². The van der Waals surface area contributed by atoms with Crippen LogP contribution in [0.1, 0.15) is 0 Å². The third-order valence-corrected chi connectivity index (χ3v) is 2.65. The minimum atomic E-state index is -1.02. The molecule has 0 aliphatic carbocycles. The van der Waals surface area contributed by atoms with Gasteiger partial charge in [-0.1, -0.05) is 27.5 Å². The summed E-state index contributed by atoms with van der Waals surface area (Å²) in [7, 11) is 0. The fourth-order valence-corrected chi connectivity index (χ4v) is 1.82. The normalized spacial score (nSPS) is 9.70. The highest BCUT2D eigenvalue weighted by Gasteiger charge is 2.10. The Kier molecular flexibility index (Phi) is 6.26. The van der Waals surface area contributed by atoms with Crippen molar-refractivity contribution in [2.75, 3.05) is 13.2 Å². The van der Waals surface area contributed by atoms with Gasteiger partial charge in [-0.15, -0.1) is 0 Å². The van der Waals surface area contributed by atoms with Gasteiger partial charge < -0.3 is 15.2 Å². The maximum atomic E-state index is 11.3. The van der Waals surface area contributed by atoms with Gasteiger partial charge in [-0.2, -0.15) is 0 Å². The molecular formula is C11H10BrClN2O5. The van der Waals surface area contributed by atoms with Gasteiger partial charge >= 0.3 is 12.0 Å². The highest BCUT2D eigenvalue weighted by atomic mass is 79.9. The van der Waals surface area contributed by atoms with E-state index in [0.29, 0.717) is 10.8 Å². The van der Waals surface area contributed by atoms with E-state index in [2.05, 4.69) is 20.7 Å². The molecule has 0 aromatic heterocycles. The molecule has 0 unspecified atom stereocenters. The molecule has 0 aliphatic rings. The van der Waals surface area contributed by atoms with Gasteiger partial charge in [0.05, 0.1) is 5.02 Å². The molecule has 0 atom stereocenters. The average molecular weight is 366 g/mol. The third kappa shape index (κ3) is 5.89. The highest BCUT2D eigenvalue weighted by molar-refractivity contribution is 9.10. The molecule has 0 saturated carbocycles. The molecule has 0 spiro atoms. The van der Waals surface area contributed by atoms with Crippen LogP contribution in [0.2, 0.25) is 5.02 Å². The summed E-state index contributed by atoms with van der Waals surface area (Å²) in [6.45, 7) is -1.05. The van der Waals surface area contributed by atoms with Crippen LogP contribution in [0.4, 0.5) is 4.79 Å². The number of halogens is 2. The number of nitrogens with two attached hydrogens (primary N) is 1. The van der Waals surface area contributed by atoms with E-state index in [1.807, 2.05) is 0 Å². The molecule has 3 N–H and O–H groups in total. The van der Waals surface area contributed by atoms with Crippen LogP contribution < -0.4 is 15.8 Å². The zero-order chi connectivity index (χ0) is 15.1. The first kappa shape index (κ1) is 16.3.